The molecule has 15 heavy (non-hydrogen) atoms. The molecule has 0 spiro atoms. The second-order valence-electron chi connectivity index (χ2n) is 3.45. The molecule has 0 saturated carbocycles. The first-order valence-electron chi connectivity index (χ1n) is 5.52. The average molecular weight is 204 g/mol. The molecule has 0 unspecified atom stereocenters. The van der Waals surface area contributed by atoms with Crippen LogP contribution >= 0.6 is 0 Å². The zero-order chi connectivity index (χ0) is 11.1. The van der Waals surface area contributed by atoms with Crippen LogP contribution in [0.4, 0.5) is 5.69 Å². The minimum atomic E-state index is 0.960. The molecule has 0 aliphatic carbocycles. The van der Waals surface area contributed by atoms with E-state index in [1.807, 2.05) is 6.20 Å². The molecule has 0 atom stereocenters. The molecule has 0 saturated heterocycles. The van der Waals surface area contributed by atoms with Gasteiger partial charge in [-0.1, -0.05) is 18.2 Å². The predicted molar refractivity (Wildman–Crippen MR) is 67.0 cm³/mol. The van der Waals surface area contributed by atoms with Crippen molar-refractivity contribution in [3.8, 4) is 0 Å². The fourth-order valence-electron chi connectivity index (χ4n) is 1.50. The highest BCUT2D eigenvalue weighted by atomic mass is 15.1. The summed E-state index contributed by atoms with van der Waals surface area (Å²) >= 11 is 0. The van der Waals surface area contributed by atoms with Crippen LogP contribution < -0.4 is 10.2 Å². The molecule has 2 heteroatoms. The van der Waals surface area contributed by atoms with Gasteiger partial charge in [-0.05, 0) is 32.4 Å². The first-order chi connectivity index (χ1) is 7.29. The van der Waals surface area contributed by atoms with Gasteiger partial charge < -0.3 is 10.2 Å². The van der Waals surface area contributed by atoms with Crippen molar-refractivity contribution in [3.05, 3.63) is 42.2 Å². The summed E-state index contributed by atoms with van der Waals surface area (Å²) in [6.07, 6.45) is 4.09. The maximum absolute atomic E-state index is 3.18. The third-order valence-corrected chi connectivity index (χ3v) is 2.34. The average Bonchev–Trinajstić information content (AvgIpc) is 2.26. The van der Waals surface area contributed by atoms with Gasteiger partial charge in [-0.25, -0.2) is 0 Å². The van der Waals surface area contributed by atoms with Gasteiger partial charge in [-0.3, -0.25) is 0 Å². The van der Waals surface area contributed by atoms with E-state index < -0.39 is 0 Å². The topological polar surface area (TPSA) is 15.3 Å². The molecular weight excluding hydrogens is 184 g/mol. The Labute approximate surface area is 92.6 Å². The molecule has 0 amide bonds. The lowest BCUT2D eigenvalue weighted by Gasteiger charge is -2.20. The molecule has 1 N–H and O–H groups in total. The number of anilines is 1. The first-order valence-corrected chi connectivity index (χ1v) is 5.52. The number of nitrogens with zero attached hydrogens (tertiary/aromatic N) is 1. The number of aryl methyl sites for hydroxylation is 1. The van der Waals surface area contributed by atoms with Crippen LogP contribution in [0.25, 0.3) is 0 Å². The highest BCUT2D eigenvalue weighted by molar-refractivity contribution is 5.54. The Balaban J connectivity index is 2.78. The monoisotopic (exact) mass is 204 g/mol. The minimum absolute atomic E-state index is 0.960. The van der Waals surface area contributed by atoms with E-state index in [1.54, 1.807) is 0 Å². The lowest BCUT2D eigenvalue weighted by atomic mass is 10.2. The molecule has 82 valence electrons. The van der Waals surface area contributed by atoms with E-state index >= 15 is 0 Å². The normalized spacial score (nSPS) is 10.6. The van der Waals surface area contributed by atoms with Crippen LogP contribution in [0.3, 0.4) is 0 Å². The van der Waals surface area contributed by atoms with Crippen LogP contribution in [0.1, 0.15) is 19.4 Å². The summed E-state index contributed by atoms with van der Waals surface area (Å²) in [7, 11) is 0. The number of rotatable bonds is 5. The molecule has 0 bridgehead atoms. The summed E-state index contributed by atoms with van der Waals surface area (Å²) in [6.45, 7) is 8.32. The Morgan fingerprint density at radius 1 is 1.27 bits per heavy atom. The highest BCUT2D eigenvalue weighted by Crippen LogP contribution is 2.18. The summed E-state index contributed by atoms with van der Waals surface area (Å²) in [5.41, 5.74) is 2.58. The van der Waals surface area contributed by atoms with Gasteiger partial charge in [0.15, 0.2) is 0 Å². The van der Waals surface area contributed by atoms with Crippen molar-refractivity contribution in [2.45, 2.75) is 20.8 Å². The fraction of sp³-hybridized carbons (Fsp3) is 0.385. The highest BCUT2D eigenvalue weighted by Gasteiger charge is 2.02. The lowest BCUT2D eigenvalue weighted by molar-refractivity contribution is 0.902. The van der Waals surface area contributed by atoms with Crippen LogP contribution in [0, 0.1) is 6.92 Å². The Hall–Kier alpha value is -1.44. The van der Waals surface area contributed by atoms with Crippen LogP contribution in [0.15, 0.2) is 36.7 Å². The van der Waals surface area contributed by atoms with E-state index in [1.165, 1.54) is 11.3 Å². The van der Waals surface area contributed by atoms with E-state index in [9.17, 15) is 0 Å². The third kappa shape index (κ3) is 3.31. The Morgan fingerprint density at radius 3 is 2.60 bits per heavy atom. The van der Waals surface area contributed by atoms with E-state index in [2.05, 4.69) is 61.5 Å². The van der Waals surface area contributed by atoms with Crippen molar-refractivity contribution in [1.29, 1.82) is 0 Å². The number of hydrogen-bond acceptors (Lipinski definition) is 2. The van der Waals surface area contributed by atoms with Gasteiger partial charge >= 0.3 is 0 Å². The largest absolute Gasteiger partial charge is 0.390 e. The van der Waals surface area contributed by atoms with Crippen molar-refractivity contribution < 1.29 is 0 Å². The van der Waals surface area contributed by atoms with E-state index in [0.717, 1.165) is 13.1 Å². The number of hydrogen-bond donors (Lipinski definition) is 1. The lowest BCUT2D eigenvalue weighted by Crippen LogP contribution is -2.17. The zero-order valence-electron chi connectivity index (χ0n) is 9.83. The quantitative estimate of drug-likeness (QED) is 0.793. The maximum Gasteiger partial charge on any atom is 0.0436 e. The van der Waals surface area contributed by atoms with Crippen molar-refractivity contribution in [2.24, 2.45) is 0 Å². The molecule has 0 fully saturated rings. The van der Waals surface area contributed by atoms with Gasteiger partial charge in [-0.2, -0.15) is 0 Å². The van der Waals surface area contributed by atoms with Gasteiger partial charge in [0, 0.05) is 31.2 Å². The summed E-state index contributed by atoms with van der Waals surface area (Å²) in [5, 5.41) is 3.18. The van der Waals surface area contributed by atoms with Crippen LogP contribution in [-0.4, -0.2) is 13.1 Å². The Morgan fingerprint density at radius 2 is 2.00 bits per heavy atom. The molecule has 2 nitrogen and oxygen atoms in total. The van der Waals surface area contributed by atoms with E-state index in [0.29, 0.717) is 0 Å². The van der Waals surface area contributed by atoms with Crippen molar-refractivity contribution in [2.75, 3.05) is 18.0 Å². The van der Waals surface area contributed by atoms with E-state index in [-0.39, 0.29) is 0 Å². The maximum atomic E-state index is 3.18. The SMILES string of the molecule is CCN/C=C\N(CC)c1ccccc1C. The molecule has 0 aromatic heterocycles. The molecule has 0 heterocycles. The molecular formula is C13H20N2. The predicted octanol–water partition coefficient (Wildman–Crippen LogP) is 2.90. The summed E-state index contributed by atoms with van der Waals surface area (Å²) < 4.78 is 0. The Kier molecular flexibility index (Phi) is 4.75. The summed E-state index contributed by atoms with van der Waals surface area (Å²) in [5.74, 6) is 0. The van der Waals surface area contributed by atoms with Crippen LogP contribution in [-0.2, 0) is 0 Å². The van der Waals surface area contributed by atoms with Crippen molar-refractivity contribution in [1.82, 2.24) is 5.32 Å². The molecule has 0 aliphatic heterocycles. The standard InChI is InChI=1S/C13H20N2/c1-4-14-10-11-15(5-2)13-9-7-6-8-12(13)3/h6-11,14H,4-5H2,1-3H3/b11-10-. The van der Waals surface area contributed by atoms with Gasteiger partial charge in [-0.15, -0.1) is 0 Å². The smallest absolute Gasteiger partial charge is 0.0436 e. The van der Waals surface area contributed by atoms with Gasteiger partial charge in [0.25, 0.3) is 0 Å². The molecule has 0 radical (unpaired) electrons. The molecule has 1 aromatic rings. The van der Waals surface area contributed by atoms with E-state index in [4.69, 9.17) is 0 Å². The molecule has 1 aromatic carbocycles. The summed E-state index contributed by atoms with van der Waals surface area (Å²) in [4.78, 5) is 2.23. The Bertz CT molecular complexity index is 318. The minimum Gasteiger partial charge on any atom is -0.390 e. The second-order valence-corrected chi connectivity index (χ2v) is 3.45. The number of nitrogens with one attached hydrogen (secondary N) is 1. The third-order valence-electron chi connectivity index (χ3n) is 2.34. The second kappa shape index (κ2) is 6.12. The first kappa shape index (κ1) is 11.6. The van der Waals surface area contributed by atoms with Gasteiger partial charge in [0.1, 0.15) is 0 Å². The zero-order valence-corrected chi connectivity index (χ0v) is 9.83. The van der Waals surface area contributed by atoms with Crippen molar-refractivity contribution >= 4 is 5.69 Å². The number of benzene rings is 1. The van der Waals surface area contributed by atoms with Crippen LogP contribution in [0.2, 0.25) is 0 Å². The fourth-order valence-corrected chi connectivity index (χ4v) is 1.50. The summed E-state index contributed by atoms with van der Waals surface area (Å²) in [6, 6.07) is 8.43. The molecule has 1 rings (SSSR count). The number of para-hydroxylation sites is 1. The van der Waals surface area contributed by atoms with Gasteiger partial charge in [0.05, 0.1) is 0 Å². The van der Waals surface area contributed by atoms with Crippen LogP contribution in [0.5, 0.6) is 0 Å². The van der Waals surface area contributed by atoms with Crippen molar-refractivity contribution in [3.63, 3.8) is 0 Å². The van der Waals surface area contributed by atoms with Gasteiger partial charge in [0.2, 0.25) is 0 Å². The molecule has 0 aliphatic rings.